The standard InChI is InChI=1S/C17H32N4O2/c1-4-9-18-17(19-10-8-16-7-5-15-23-16)20-11-13-21(2)12-6-14-22-3/h5,7,15H,4,6,8-14H2,1-3H3,(H2,18,19,20). The summed E-state index contributed by atoms with van der Waals surface area (Å²) in [5.41, 5.74) is 0. The van der Waals surface area contributed by atoms with E-state index in [2.05, 4.69) is 34.5 Å². The first-order valence-corrected chi connectivity index (χ1v) is 8.48. The van der Waals surface area contributed by atoms with Gasteiger partial charge in [0.15, 0.2) is 5.96 Å². The van der Waals surface area contributed by atoms with Gasteiger partial charge >= 0.3 is 0 Å². The highest BCUT2D eigenvalue weighted by Crippen LogP contribution is 1.99. The van der Waals surface area contributed by atoms with Gasteiger partial charge in [-0.2, -0.15) is 0 Å². The molecule has 2 N–H and O–H groups in total. The van der Waals surface area contributed by atoms with Gasteiger partial charge in [-0.15, -0.1) is 0 Å². The maximum absolute atomic E-state index is 5.34. The molecule has 0 saturated heterocycles. The van der Waals surface area contributed by atoms with Crippen molar-refractivity contribution in [2.45, 2.75) is 26.2 Å². The fraction of sp³-hybridized carbons (Fsp3) is 0.706. The third-order valence-electron chi connectivity index (χ3n) is 3.41. The summed E-state index contributed by atoms with van der Waals surface area (Å²) in [4.78, 5) is 6.86. The zero-order valence-corrected chi connectivity index (χ0v) is 14.8. The van der Waals surface area contributed by atoms with Crippen molar-refractivity contribution in [2.75, 3.05) is 53.5 Å². The Hall–Kier alpha value is -1.53. The molecule has 0 spiro atoms. The smallest absolute Gasteiger partial charge is 0.191 e. The van der Waals surface area contributed by atoms with Crippen LogP contribution < -0.4 is 10.6 Å². The van der Waals surface area contributed by atoms with E-state index < -0.39 is 0 Å². The fourth-order valence-corrected chi connectivity index (χ4v) is 2.11. The predicted molar refractivity (Wildman–Crippen MR) is 95.0 cm³/mol. The van der Waals surface area contributed by atoms with E-state index in [9.17, 15) is 0 Å². The van der Waals surface area contributed by atoms with Crippen molar-refractivity contribution in [2.24, 2.45) is 4.99 Å². The molecule has 1 heterocycles. The van der Waals surface area contributed by atoms with Gasteiger partial charge in [0, 0.05) is 52.9 Å². The first-order valence-electron chi connectivity index (χ1n) is 8.48. The second-order valence-corrected chi connectivity index (χ2v) is 5.56. The number of hydrogen-bond acceptors (Lipinski definition) is 4. The molecule has 132 valence electrons. The lowest BCUT2D eigenvalue weighted by atomic mass is 10.3. The van der Waals surface area contributed by atoms with Gasteiger partial charge in [-0.1, -0.05) is 6.92 Å². The fourth-order valence-electron chi connectivity index (χ4n) is 2.11. The lowest BCUT2D eigenvalue weighted by Crippen LogP contribution is -2.42. The molecular formula is C17H32N4O2. The first-order chi connectivity index (χ1) is 11.3. The maximum atomic E-state index is 5.34. The molecule has 0 aromatic carbocycles. The molecule has 1 rings (SSSR count). The van der Waals surface area contributed by atoms with Crippen molar-refractivity contribution in [3.63, 3.8) is 0 Å². The number of methoxy groups -OCH3 is 1. The number of likely N-dealkylation sites (N-methyl/N-ethyl adjacent to an activating group) is 1. The van der Waals surface area contributed by atoms with Crippen LogP contribution in [0.3, 0.4) is 0 Å². The number of rotatable bonds is 12. The van der Waals surface area contributed by atoms with Crippen LogP contribution in [-0.2, 0) is 11.2 Å². The monoisotopic (exact) mass is 324 g/mol. The highest BCUT2D eigenvalue weighted by atomic mass is 16.5. The molecule has 6 heteroatoms. The Labute approximate surface area is 140 Å². The van der Waals surface area contributed by atoms with Crippen molar-refractivity contribution in [3.8, 4) is 0 Å². The van der Waals surface area contributed by atoms with E-state index in [-0.39, 0.29) is 0 Å². The summed E-state index contributed by atoms with van der Waals surface area (Å²) < 4.78 is 10.4. The van der Waals surface area contributed by atoms with E-state index >= 15 is 0 Å². The highest BCUT2D eigenvalue weighted by Gasteiger charge is 2.02. The van der Waals surface area contributed by atoms with E-state index in [1.807, 2.05) is 12.1 Å². The SMILES string of the molecule is CCCN=C(NCCc1ccco1)NCCN(C)CCCOC. The van der Waals surface area contributed by atoms with Crippen LogP contribution in [0.1, 0.15) is 25.5 Å². The van der Waals surface area contributed by atoms with Crippen LogP contribution in [0.4, 0.5) is 0 Å². The van der Waals surface area contributed by atoms with E-state index in [0.717, 1.165) is 70.3 Å². The van der Waals surface area contributed by atoms with E-state index in [1.165, 1.54) is 0 Å². The number of furan rings is 1. The van der Waals surface area contributed by atoms with Gasteiger partial charge in [-0.3, -0.25) is 4.99 Å². The van der Waals surface area contributed by atoms with Gasteiger partial charge < -0.3 is 24.7 Å². The molecule has 0 bridgehead atoms. The van der Waals surface area contributed by atoms with E-state index in [4.69, 9.17) is 9.15 Å². The van der Waals surface area contributed by atoms with Crippen molar-refractivity contribution in [1.82, 2.24) is 15.5 Å². The van der Waals surface area contributed by atoms with Gasteiger partial charge in [0.05, 0.1) is 6.26 Å². The van der Waals surface area contributed by atoms with Crippen molar-refractivity contribution in [3.05, 3.63) is 24.2 Å². The molecule has 0 radical (unpaired) electrons. The van der Waals surface area contributed by atoms with Crippen molar-refractivity contribution < 1.29 is 9.15 Å². The number of aliphatic imine (C=N–C) groups is 1. The Bertz CT molecular complexity index is 407. The van der Waals surface area contributed by atoms with Gasteiger partial charge in [0.1, 0.15) is 5.76 Å². The number of nitrogens with zero attached hydrogens (tertiary/aromatic N) is 2. The average Bonchev–Trinajstić information content (AvgIpc) is 3.05. The molecule has 1 aromatic rings. The van der Waals surface area contributed by atoms with Crippen LogP contribution in [0, 0.1) is 0 Å². The maximum Gasteiger partial charge on any atom is 0.191 e. The topological polar surface area (TPSA) is 62.0 Å². The highest BCUT2D eigenvalue weighted by molar-refractivity contribution is 5.79. The Balaban J connectivity index is 2.22. The number of hydrogen-bond donors (Lipinski definition) is 2. The number of nitrogens with one attached hydrogen (secondary N) is 2. The minimum absolute atomic E-state index is 0.812. The quantitative estimate of drug-likeness (QED) is 0.348. The summed E-state index contributed by atoms with van der Waals surface area (Å²) in [5, 5.41) is 6.75. The minimum atomic E-state index is 0.812. The zero-order chi connectivity index (χ0) is 16.8. The normalized spacial score (nSPS) is 11.9. The second kappa shape index (κ2) is 13.0. The van der Waals surface area contributed by atoms with Crippen LogP contribution in [0.15, 0.2) is 27.8 Å². The van der Waals surface area contributed by atoms with Crippen LogP contribution in [0.5, 0.6) is 0 Å². The summed E-state index contributed by atoms with van der Waals surface area (Å²) in [5.74, 6) is 1.87. The molecule has 0 aliphatic heterocycles. The molecule has 0 amide bonds. The Morgan fingerprint density at radius 3 is 2.83 bits per heavy atom. The largest absolute Gasteiger partial charge is 0.469 e. The van der Waals surface area contributed by atoms with Crippen LogP contribution in [0.25, 0.3) is 0 Å². The number of ether oxygens (including phenoxy) is 1. The van der Waals surface area contributed by atoms with Crippen molar-refractivity contribution >= 4 is 5.96 Å². The molecule has 6 nitrogen and oxygen atoms in total. The predicted octanol–water partition coefficient (Wildman–Crippen LogP) is 1.74. The Morgan fingerprint density at radius 2 is 2.13 bits per heavy atom. The molecule has 0 saturated carbocycles. The molecule has 0 aliphatic carbocycles. The summed E-state index contributed by atoms with van der Waals surface area (Å²) >= 11 is 0. The first kappa shape index (κ1) is 19.5. The van der Waals surface area contributed by atoms with E-state index in [0.29, 0.717) is 0 Å². The van der Waals surface area contributed by atoms with Gasteiger partial charge in [0.25, 0.3) is 0 Å². The van der Waals surface area contributed by atoms with Gasteiger partial charge in [0.2, 0.25) is 0 Å². The van der Waals surface area contributed by atoms with E-state index in [1.54, 1.807) is 13.4 Å². The Kier molecular flexibility index (Phi) is 11.0. The zero-order valence-electron chi connectivity index (χ0n) is 14.8. The lowest BCUT2D eigenvalue weighted by molar-refractivity contribution is 0.180. The van der Waals surface area contributed by atoms with Crippen LogP contribution in [0.2, 0.25) is 0 Å². The molecular weight excluding hydrogens is 292 g/mol. The minimum Gasteiger partial charge on any atom is -0.469 e. The summed E-state index contributed by atoms with van der Waals surface area (Å²) in [6.07, 6.45) is 4.67. The van der Waals surface area contributed by atoms with Gasteiger partial charge in [-0.05, 0) is 32.0 Å². The molecule has 0 aliphatic rings. The third kappa shape index (κ3) is 9.97. The summed E-state index contributed by atoms with van der Waals surface area (Å²) in [6.45, 7) is 7.49. The summed E-state index contributed by atoms with van der Waals surface area (Å²) in [6, 6.07) is 3.91. The van der Waals surface area contributed by atoms with Gasteiger partial charge in [-0.25, -0.2) is 0 Å². The third-order valence-corrected chi connectivity index (χ3v) is 3.41. The molecule has 0 unspecified atom stereocenters. The summed E-state index contributed by atoms with van der Waals surface area (Å²) in [7, 11) is 3.87. The van der Waals surface area contributed by atoms with Crippen LogP contribution in [-0.4, -0.2) is 64.3 Å². The molecule has 0 fully saturated rings. The van der Waals surface area contributed by atoms with Crippen LogP contribution >= 0.6 is 0 Å². The lowest BCUT2D eigenvalue weighted by Gasteiger charge is -2.18. The van der Waals surface area contributed by atoms with Crippen molar-refractivity contribution in [1.29, 1.82) is 0 Å². The second-order valence-electron chi connectivity index (χ2n) is 5.56. The molecule has 23 heavy (non-hydrogen) atoms. The number of guanidine groups is 1. The molecule has 0 atom stereocenters. The molecule has 1 aromatic heterocycles. The average molecular weight is 324 g/mol. The Morgan fingerprint density at radius 1 is 1.30 bits per heavy atom.